The Labute approximate surface area is 162 Å². The van der Waals surface area contributed by atoms with Crippen LogP contribution in [0.1, 0.15) is 30.3 Å². The van der Waals surface area contributed by atoms with Crippen LogP contribution in [-0.2, 0) is 0 Å². The highest BCUT2D eigenvalue weighted by atomic mass is 15.4. The summed E-state index contributed by atoms with van der Waals surface area (Å²) >= 11 is 0. The first-order valence-electron chi connectivity index (χ1n) is 9.56. The van der Waals surface area contributed by atoms with Gasteiger partial charge in [0, 0.05) is 50.9 Å². The van der Waals surface area contributed by atoms with Crippen molar-refractivity contribution in [3.8, 4) is 0 Å². The fourth-order valence-electron chi connectivity index (χ4n) is 3.90. The standard InChI is InChI=1S/C19H23N9/c1-13-12-18(27-15(21-13)6-9-20-27)26-10-7-14(8-11-26)19-23-22-16-4-5-17(25(2)3)24-28(16)19/h4-6,9,12,14H,7-8,10-11H2,1-3H3. The third-order valence-corrected chi connectivity index (χ3v) is 5.38. The van der Waals surface area contributed by atoms with E-state index in [4.69, 9.17) is 5.10 Å². The van der Waals surface area contributed by atoms with Gasteiger partial charge in [0.2, 0.25) is 0 Å². The Morgan fingerprint density at radius 2 is 1.82 bits per heavy atom. The van der Waals surface area contributed by atoms with Crippen molar-refractivity contribution in [2.45, 2.75) is 25.7 Å². The molecule has 0 amide bonds. The zero-order valence-electron chi connectivity index (χ0n) is 16.3. The summed E-state index contributed by atoms with van der Waals surface area (Å²) in [7, 11) is 3.98. The van der Waals surface area contributed by atoms with Gasteiger partial charge < -0.3 is 9.80 Å². The van der Waals surface area contributed by atoms with Crippen LogP contribution in [0.15, 0.2) is 30.5 Å². The van der Waals surface area contributed by atoms with Crippen molar-refractivity contribution in [1.82, 2.24) is 34.4 Å². The zero-order chi connectivity index (χ0) is 19.3. The minimum atomic E-state index is 0.340. The summed E-state index contributed by atoms with van der Waals surface area (Å²) < 4.78 is 3.82. The van der Waals surface area contributed by atoms with E-state index in [1.54, 1.807) is 6.20 Å². The van der Waals surface area contributed by atoms with Gasteiger partial charge in [-0.1, -0.05) is 0 Å². The lowest BCUT2D eigenvalue weighted by Crippen LogP contribution is -2.35. The van der Waals surface area contributed by atoms with Crippen molar-refractivity contribution in [2.75, 3.05) is 37.0 Å². The molecule has 0 radical (unpaired) electrons. The van der Waals surface area contributed by atoms with E-state index in [2.05, 4.69) is 31.2 Å². The molecule has 1 saturated heterocycles. The first kappa shape index (κ1) is 16.9. The molecule has 144 valence electrons. The van der Waals surface area contributed by atoms with E-state index in [9.17, 15) is 0 Å². The maximum absolute atomic E-state index is 4.71. The summed E-state index contributed by atoms with van der Waals surface area (Å²) in [6.45, 7) is 3.90. The summed E-state index contributed by atoms with van der Waals surface area (Å²) in [6, 6.07) is 8.00. The molecule has 4 aromatic heterocycles. The van der Waals surface area contributed by atoms with Gasteiger partial charge in [-0.3, -0.25) is 0 Å². The van der Waals surface area contributed by atoms with E-state index in [-0.39, 0.29) is 0 Å². The van der Waals surface area contributed by atoms with Crippen molar-refractivity contribution in [2.24, 2.45) is 0 Å². The Hall–Kier alpha value is -3.23. The van der Waals surface area contributed by atoms with Crippen LogP contribution in [0.5, 0.6) is 0 Å². The van der Waals surface area contributed by atoms with Crippen molar-refractivity contribution in [1.29, 1.82) is 0 Å². The van der Waals surface area contributed by atoms with E-state index in [1.165, 1.54) is 0 Å². The number of anilines is 2. The monoisotopic (exact) mass is 377 g/mol. The van der Waals surface area contributed by atoms with E-state index in [0.29, 0.717) is 5.92 Å². The molecule has 5 heterocycles. The van der Waals surface area contributed by atoms with Gasteiger partial charge >= 0.3 is 0 Å². The van der Waals surface area contributed by atoms with Crippen molar-refractivity contribution >= 4 is 22.9 Å². The highest BCUT2D eigenvalue weighted by Gasteiger charge is 2.26. The molecule has 0 spiro atoms. The molecule has 1 fully saturated rings. The first-order chi connectivity index (χ1) is 13.6. The summed E-state index contributed by atoms with van der Waals surface area (Å²) in [5, 5.41) is 17.9. The second-order valence-corrected chi connectivity index (χ2v) is 7.53. The van der Waals surface area contributed by atoms with Crippen molar-refractivity contribution in [3.63, 3.8) is 0 Å². The lowest BCUT2D eigenvalue weighted by molar-refractivity contribution is 0.473. The molecule has 0 bridgehead atoms. The highest BCUT2D eigenvalue weighted by molar-refractivity contribution is 5.51. The average molecular weight is 377 g/mol. The van der Waals surface area contributed by atoms with Crippen LogP contribution in [0.4, 0.5) is 11.6 Å². The Morgan fingerprint density at radius 3 is 2.61 bits per heavy atom. The zero-order valence-corrected chi connectivity index (χ0v) is 16.3. The molecule has 0 aliphatic carbocycles. The Kier molecular flexibility index (Phi) is 3.88. The normalized spacial score (nSPS) is 15.6. The molecule has 1 aliphatic heterocycles. The van der Waals surface area contributed by atoms with Gasteiger partial charge in [-0.15, -0.1) is 15.3 Å². The fourth-order valence-corrected chi connectivity index (χ4v) is 3.90. The van der Waals surface area contributed by atoms with E-state index in [0.717, 1.165) is 60.4 Å². The second kappa shape index (κ2) is 6.43. The number of fused-ring (bicyclic) bond motifs is 2. The SMILES string of the molecule is Cc1cc(N2CCC(c3nnc4ccc(N(C)C)nn34)CC2)n2nccc2n1. The molecule has 0 N–H and O–H groups in total. The van der Waals surface area contributed by atoms with E-state index in [1.807, 2.05) is 53.1 Å². The smallest absolute Gasteiger partial charge is 0.178 e. The van der Waals surface area contributed by atoms with Crippen LogP contribution in [0.3, 0.4) is 0 Å². The topological polar surface area (TPSA) is 79.8 Å². The maximum atomic E-state index is 4.71. The number of aromatic nitrogens is 7. The molecule has 28 heavy (non-hydrogen) atoms. The van der Waals surface area contributed by atoms with Gasteiger partial charge in [0.05, 0.1) is 6.20 Å². The third-order valence-electron chi connectivity index (χ3n) is 5.38. The van der Waals surface area contributed by atoms with Crippen molar-refractivity contribution < 1.29 is 0 Å². The lowest BCUT2D eigenvalue weighted by atomic mass is 9.96. The molecule has 9 nitrogen and oxygen atoms in total. The highest BCUT2D eigenvalue weighted by Crippen LogP contribution is 2.30. The van der Waals surface area contributed by atoms with Crippen LogP contribution in [0, 0.1) is 6.92 Å². The van der Waals surface area contributed by atoms with Gasteiger partial charge in [0.25, 0.3) is 0 Å². The van der Waals surface area contributed by atoms with Crippen LogP contribution in [0.25, 0.3) is 11.3 Å². The summed E-state index contributed by atoms with van der Waals surface area (Å²) in [6.07, 6.45) is 3.80. The minimum Gasteiger partial charge on any atom is -0.361 e. The number of rotatable bonds is 3. The third kappa shape index (κ3) is 2.74. The van der Waals surface area contributed by atoms with Crippen molar-refractivity contribution in [3.05, 3.63) is 42.0 Å². The first-order valence-corrected chi connectivity index (χ1v) is 9.56. The molecule has 4 aromatic rings. The van der Waals surface area contributed by atoms with E-state index >= 15 is 0 Å². The number of piperidine rings is 1. The van der Waals surface area contributed by atoms with Gasteiger partial charge in [-0.25, -0.2) is 4.98 Å². The fraction of sp³-hybridized carbons (Fsp3) is 0.421. The van der Waals surface area contributed by atoms with Gasteiger partial charge in [0.1, 0.15) is 11.6 Å². The van der Waals surface area contributed by atoms with Crippen LogP contribution in [0.2, 0.25) is 0 Å². The van der Waals surface area contributed by atoms with Gasteiger partial charge in [-0.2, -0.15) is 14.1 Å². The molecule has 9 heteroatoms. The molecule has 0 saturated carbocycles. The molecule has 0 unspecified atom stereocenters. The average Bonchev–Trinajstić information content (AvgIpc) is 3.33. The second-order valence-electron chi connectivity index (χ2n) is 7.53. The van der Waals surface area contributed by atoms with Crippen LogP contribution >= 0.6 is 0 Å². The maximum Gasteiger partial charge on any atom is 0.178 e. The van der Waals surface area contributed by atoms with Gasteiger partial charge in [0.15, 0.2) is 17.1 Å². The number of hydrogen-bond acceptors (Lipinski definition) is 7. The molecular formula is C19H23N9. The Morgan fingerprint density at radius 1 is 1.00 bits per heavy atom. The summed E-state index contributed by atoms with van der Waals surface area (Å²) in [5.41, 5.74) is 2.70. The molecular weight excluding hydrogens is 354 g/mol. The van der Waals surface area contributed by atoms with Crippen LogP contribution < -0.4 is 9.80 Å². The quantitative estimate of drug-likeness (QED) is 0.540. The number of nitrogens with zero attached hydrogens (tertiary/aromatic N) is 9. The summed E-state index contributed by atoms with van der Waals surface area (Å²) in [4.78, 5) is 8.92. The largest absolute Gasteiger partial charge is 0.361 e. The minimum absolute atomic E-state index is 0.340. The van der Waals surface area contributed by atoms with Crippen LogP contribution in [-0.4, -0.2) is 61.6 Å². The summed E-state index contributed by atoms with van der Waals surface area (Å²) in [5.74, 6) is 3.30. The molecule has 0 atom stereocenters. The lowest BCUT2D eigenvalue weighted by Gasteiger charge is -2.32. The van der Waals surface area contributed by atoms with E-state index < -0.39 is 0 Å². The Bertz CT molecular complexity index is 1130. The Balaban J connectivity index is 1.41. The number of hydrogen-bond donors (Lipinski definition) is 0. The molecule has 5 rings (SSSR count). The van der Waals surface area contributed by atoms with Gasteiger partial charge in [-0.05, 0) is 31.9 Å². The predicted molar refractivity (Wildman–Crippen MR) is 107 cm³/mol. The number of aryl methyl sites for hydroxylation is 1. The molecule has 0 aromatic carbocycles. The molecule has 1 aliphatic rings. The predicted octanol–water partition coefficient (Wildman–Crippen LogP) is 1.93.